The summed E-state index contributed by atoms with van der Waals surface area (Å²) < 4.78 is 5.15. The molecular weight excluding hydrogens is 116 g/mol. The van der Waals surface area contributed by atoms with Gasteiger partial charge in [0.2, 0.25) is 0 Å². The van der Waals surface area contributed by atoms with Crippen LogP contribution in [0.15, 0.2) is 16.5 Å². The second-order valence-corrected chi connectivity index (χ2v) is 1.72. The van der Waals surface area contributed by atoms with Crippen molar-refractivity contribution in [3.8, 4) is 0 Å². The van der Waals surface area contributed by atoms with Gasteiger partial charge in [0.25, 0.3) is 0 Å². The second kappa shape index (κ2) is 2.55. The molecule has 0 saturated carbocycles. The zero-order valence-corrected chi connectivity index (χ0v) is 5.35. The minimum absolute atomic E-state index is 0.460. The number of hydrogen-bond donors (Lipinski definition) is 2. The van der Waals surface area contributed by atoms with Gasteiger partial charge in [0.1, 0.15) is 5.76 Å². The molecule has 0 bridgehead atoms. The number of hydrogen-bond acceptors (Lipinski definition) is 3. The van der Waals surface area contributed by atoms with Crippen molar-refractivity contribution in [1.82, 2.24) is 0 Å². The summed E-state index contributed by atoms with van der Waals surface area (Å²) in [7, 11) is 1.80. The third-order valence-corrected chi connectivity index (χ3v) is 1.11. The number of rotatable bonds is 2. The van der Waals surface area contributed by atoms with Crippen LogP contribution in [0.25, 0.3) is 0 Å². The molecule has 0 fully saturated rings. The highest BCUT2D eigenvalue weighted by Gasteiger charge is 1.94. The van der Waals surface area contributed by atoms with Crippen LogP contribution in [0.3, 0.4) is 0 Å². The van der Waals surface area contributed by atoms with Crippen molar-refractivity contribution in [2.45, 2.75) is 6.54 Å². The molecule has 0 saturated heterocycles. The van der Waals surface area contributed by atoms with Gasteiger partial charge in [0, 0.05) is 13.1 Å². The van der Waals surface area contributed by atoms with E-state index in [4.69, 9.17) is 10.2 Å². The molecule has 0 atom stereocenters. The van der Waals surface area contributed by atoms with Gasteiger partial charge in [-0.1, -0.05) is 0 Å². The van der Waals surface area contributed by atoms with Crippen molar-refractivity contribution in [3.05, 3.63) is 17.9 Å². The van der Waals surface area contributed by atoms with Crippen LogP contribution in [0.5, 0.6) is 0 Å². The first-order valence-corrected chi connectivity index (χ1v) is 2.83. The zero-order valence-electron chi connectivity index (χ0n) is 5.35. The maximum absolute atomic E-state index is 5.30. The summed E-state index contributed by atoms with van der Waals surface area (Å²) in [6, 6.07) is 3.70. The van der Waals surface area contributed by atoms with Crippen LogP contribution in [-0.4, -0.2) is 7.05 Å². The molecule has 9 heavy (non-hydrogen) atoms. The van der Waals surface area contributed by atoms with Gasteiger partial charge < -0.3 is 15.5 Å². The summed E-state index contributed by atoms with van der Waals surface area (Å²) in [5, 5.41) is 2.86. The fraction of sp³-hybridized carbons (Fsp3) is 0.333. The molecule has 1 rings (SSSR count). The van der Waals surface area contributed by atoms with E-state index in [1.165, 1.54) is 0 Å². The zero-order chi connectivity index (χ0) is 6.69. The normalized spacial score (nSPS) is 9.56. The topological polar surface area (TPSA) is 51.2 Å². The van der Waals surface area contributed by atoms with Gasteiger partial charge in [-0.15, -0.1) is 0 Å². The lowest BCUT2D eigenvalue weighted by atomic mass is 10.5. The molecule has 3 heteroatoms. The predicted molar refractivity (Wildman–Crippen MR) is 36.1 cm³/mol. The van der Waals surface area contributed by atoms with Gasteiger partial charge in [-0.2, -0.15) is 0 Å². The monoisotopic (exact) mass is 126 g/mol. The van der Waals surface area contributed by atoms with Gasteiger partial charge in [0.15, 0.2) is 5.88 Å². The molecule has 50 valence electrons. The highest BCUT2D eigenvalue weighted by atomic mass is 16.4. The van der Waals surface area contributed by atoms with E-state index in [-0.39, 0.29) is 0 Å². The lowest BCUT2D eigenvalue weighted by molar-refractivity contribution is 0.526. The Morgan fingerprint density at radius 2 is 2.44 bits per heavy atom. The number of furan rings is 1. The van der Waals surface area contributed by atoms with Crippen LogP contribution >= 0.6 is 0 Å². The van der Waals surface area contributed by atoms with Crippen LogP contribution < -0.4 is 11.1 Å². The molecule has 1 aromatic rings. The molecule has 0 aliphatic rings. The molecule has 0 aliphatic carbocycles. The molecule has 0 spiro atoms. The largest absolute Gasteiger partial charge is 0.444 e. The smallest absolute Gasteiger partial charge is 0.192 e. The number of anilines is 1. The number of nitrogens with one attached hydrogen (secondary N) is 1. The van der Waals surface area contributed by atoms with E-state index in [0.717, 1.165) is 11.6 Å². The van der Waals surface area contributed by atoms with Crippen molar-refractivity contribution >= 4 is 5.88 Å². The molecule has 0 amide bonds. The summed E-state index contributed by atoms with van der Waals surface area (Å²) >= 11 is 0. The highest BCUT2D eigenvalue weighted by molar-refractivity contribution is 5.30. The molecule has 0 radical (unpaired) electrons. The van der Waals surface area contributed by atoms with Crippen LogP contribution in [0, 0.1) is 0 Å². The first kappa shape index (κ1) is 6.16. The van der Waals surface area contributed by atoms with Crippen LogP contribution in [0.4, 0.5) is 5.88 Å². The molecular formula is C6H10N2O. The Kier molecular flexibility index (Phi) is 1.75. The minimum atomic E-state index is 0.460. The summed E-state index contributed by atoms with van der Waals surface area (Å²) in [4.78, 5) is 0. The van der Waals surface area contributed by atoms with Crippen molar-refractivity contribution < 1.29 is 4.42 Å². The lowest BCUT2D eigenvalue weighted by Crippen LogP contribution is -1.92. The van der Waals surface area contributed by atoms with Crippen molar-refractivity contribution in [1.29, 1.82) is 0 Å². The van der Waals surface area contributed by atoms with Gasteiger partial charge >= 0.3 is 0 Å². The first-order valence-electron chi connectivity index (χ1n) is 2.83. The lowest BCUT2D eigenvalue weighted by Gasteiger charge is -1.89. The van der Waals surface area contributed by atoms with E-state index in [1.54, 1.807) is 7.05 Å². The van der Waals surface area contributed by atoms with Crippen LogP contribution in [-0.2, 0) is 6.54 Å². The Morgan fingerprint density at radius 1 is 1.67 bits per heavy atom. The van der Waals surface area contributed by atoms with Gasteiger partial charge in [0.05, 0.1) is 6.54 Å². The van der Waals surface area contributed by atoms with Crippen molar-refractivity contribution in [3.63, 3.8) is 0 Å². The predicted octanol–water partition coefficient (Wildman–Crippen LogP) is 0.780. The fourth-order valence-corrected chi connectivity index (χ4v) is 0.622. The van der Waals surface area contributed by atoms with E-state index in [9.17, 15) is 0 Å². The van der Waals surface area contributed by atoms with E-state index in [1.807, 2.05) is 12.1 Å². The highest BCUT2D eigenvalue weighted by Crippen LogP contribution is 2.10. The van der Waals surface area contributed by atoms with Gasteiger partial charge in [-0.3, -0.25) is 0 Å². The SMILES string of the molecule is CNc1ccc(CN)o1. The Balaban J connectivity index is 2.74. The molecule has 0 aromatic carbocycles. The quantitative estimate of drug-likeness (QED) is 0.615. The maximum atomic E-state index is 5.30. The Labute approximate surface area is 53.8 Å². The molecule has 3 N–H and O–H groups in total. The average molecular weight is 126 g/mol. The Bertz CT molecular complexity index is 164. The average Bonchev–Trinajstić information content (AvgIpc) is 2.34. The third-order valence-electron chi connectivity index (χ3n) is 1.11. The van der Waals surface area contributed by atoms with E-state index >= 15 is 0 Å². The van der Waals surface area contributed by atoms with E-state index < -0.39 is 0 Å². The molecule has 0 aliphatic heterocycles. The Hall–Kier alpha value is -0.960. The first-order chi connectivity index (χ1) is 4.36. The summed E-state index contributed by atoms with van der Waals surface area (Å²) in [5.41, 5.74) is 5.30. The minimum Gasteiger partial charge on any atom is -0.444 e. The molecule has 1 heterocycles. The molecule has 3 nitrogen and oxygen atoms in total. The molecule has 1 aromatic heterocycles. The summed E-state index contributed by atoms with van der Waals surface area (Å²) in [6.45, 7) is 0.460. The Morgan fingerprint density at radius 3 is 2.78 bits per heavy atom. The van der Waals surface area contributed by atoms with Crippen LogP contribution in [0.2, 0.25) is 0 Å². The molecule has 0 unspecified atom stereocenters. The van der Waals surface area contributed by atoms with E-state index in [0.29, 0.717) is 6.54 Å². The van der Waals surface area contributed by atoms with Gasteiger partial charge in [-0.25, -0.2) is 0 Å². The number of nitrogens with two attached hydrogens (primary N) is 1. The third kappa shape index (κ3) is 1.23. The maximum Gasteiger partial charge on any atom is 0.192 e. The summed E-state index contributed by atoms with van der Waals surface area (Å²) in [6.07, 6.45) is 0. The standard InChI is InChI=1S/C6H10N2O/c1-8-6-3-2-5(4-7)9-6/h2-3,8H,4,7H2,1H3. The van der Waals surface area contributed by atoms with Crippen LogP contribution in [0.1, 0.15) is 5.76 Å². The van der Waals surface area contributed by atoms with Gasteiger partial charge in [-0.05, 0) is 6.07 Å². The summed E-state index contributed by atoms with van der Waals surface area (Å²) in [5.74, 6) is 1.56. The van der Waals surface area contributed by atoms with E-state index in [2.05, 4.69) is 5.32 Å². The van der Waals surface area contributed by atoms with Crippen molar-refractivity contribution in [2.24, 2.45) is 5.73 Å². The second-order valence-electron chi connectivity index (χ2n) is 1.72. The van der Waals surface area contributed by atoms with Crippen molar-refractivity contribution in [2.75, 3.05) is 12.4 Å². The fourth-order valence-electron chi connectivity index (χ4n) is 0.622.